The normalized spacial score (nSPS) is 30.9. The average molecular weight is 857 g/mol. The summed E-state index contributed by atoms with van der Waals surface area (Å²) in [7, 11) is 0. The third-order valence-electron chi connectivity index (χ3n) is 15.3. The van der Waals surface area contributed by atoms with E-state index in [-0.39, 0.29) is 82.5 Å². The number of dihydropyridines is 2. The van der Waals surface area contributed by atoms with Gasteiger partial charge in [-0.1, -0.05) is 30.4 Å². The highest BCUT2D eigenvalue weighted by atomic mass is 16.6. The number of carbonyl (C=O) groups is 1. The number of aliphatic hydroxyl groups is 2. The van der Waals surface area contributed by atoms with Gasteiger partial charge in [0.05, 0.1) is 6.61 Å². The van der Waals surface area contributed by atoms with E-state index < -0.39 is 41.5 Å². The van der Waals surface area contributed by atoms with E-state index in [0.717, 1.165) is 40.7 Å². The van der Waals surface area contributed by atoms with E-state index in [2.05, 4.69) is 47.3 Å². The van der Waals surface area contributed by atoms with Crippen LogP contribution >= 0.6 is 0 Å². The van der Waals surface area contributed by atoms with Gasteiger partial charge in [0.25, 0.3) is 0 Å². The summed E-state index contributed by atoms with van der Waals surface area (Å²) in [4.78, 5) is 28.3. The van der Waals surface area contributed by atoms with Gasteiger partial charge in [0.2, 0.25) is 0 Å². The lowest BCUT2D eigenvalue weighted by molar-refractivity contribution is -0.169. The zero-order valence-electron chi connectivity index (χ0n) is 36.1. The van der Waals surface area contributed by atoms with Gasteiger partial charge in [-0.3, -0.25) is 10.1 Å². The molecule has 1 saturated carbocycles. The summed E-state index contributed by atoms with van der Waals surface area (Å²) < 4.78 is 20.7. The van der Waals surface area contributed by atoms with Gasteiger partial charge in [-0.05, 0) is 123 Å². The summed E-state index contributed by atoms with van der Waals surface area (Å²) in [6, 6.07) is 6.67. The molecule has 2 aliphatic carbocycles. The van der Waals surface area contributed by atoms with Crippen LogP contribution in [0.15, 0.2) is 103 Å². The Morgan fingerprint density at radius 3 is 2.73 bits per heavy atom. The third kappa shape index (κ3) is 6.44. The van der Waals surface area contributed by atoms with Gasteiger partial charge in [0.15, 0.2) is 5.43 Å². The fourth-order valence-electron chi connectivity index (χ4n) is 12.1. The highest BCUT2D eigenvalue weighted by Crippen LogP contribution is 2.61. The molecule has 1 fully saturated rings. The lowest BCUT2D eigenvalue weighted by Crippen LogP contribution is -2.59. The van der Waals surface area contributed by atoms with Crippen molar-refractivity contribution in [3.8, 4) is 17.2 Å². The molecule has 9 N–H and O–H groups in total. The number of nitrogens with one attached hydrogen (secondary N) is 3. The number of hydrogen-bond donors (Lipinski definition) is 8. The van der Waals surface area contributed by atoms with E-state index >= 15 is 0 Å². The minimum absolute atomic E-state index is 0.00953. The van der Waals surface area contributed by atoms with Crippen molar-refractivity contribution in [2.45, 2.75) is 109 Å². The van der Waals surface area contributed by atoms with Crippen LogP contribution in [0, 0.1) is 17.8 Å². The zero-order valence-corrected chi connectivity index (χ0v) is 36.1. The molecule has 4 bridgehead atoms. The van der Waals surface area contributed by atoms with Crippen molar-refractivity contribution >= 4 is 16.9 Å². The van der Waals surface area contributed by atoms with E-state index in [4.69, 9.17) is 19.6 Å². The monoisotopic (exact) mass is 856 g/mol. The van der Waals surface area contributed by atoms with Crippen LogP contribution in [0.4, 0.5) is 0 Å². The molecule has 63 heavy (non-hydrogen) atoms. The SMILES string of the molecule is C/C=C(/C)C(=O)O[C@@H]1Cc2c3c(c4oc(CO)cc(=O)c4c2O)[C@@H]2C4=CCNC(N)=C4[C@H](CCc4ccc(O)cc4[C@H]2CO)[C@H]2CCC4=C5C=C[C@@H](C)NC5NC=C4C[C@@H]2[C@]1(C)O3. The molecule has 1 unspecified atom stereocenters. The van der Waals surface area contributed by atoms with Crippen molar-refractivity contribution < 1.29 is 39.1 Å². The largest absolute Gasteiger partial charge is 0.508 e. The molecule has 6 heterocycles. The van der Waals surface area contributed by atoms with Crippen LogP contribution in [0.5, 0.6) is 17.2 Å². The molecule has 13 heteroatoms. The van der Waals surface area contributed by atoms with Crippen LogP contribution in [0.2, 0.25) is 0 Å². The molecule has 5 aliphatic heterocycles. The predicted molar refractivity (Wildman–Crippen MR) is 237 cm³/mol. The van der Waals surface area contributed by atoms with Crippen LogP contribution in [0.3, 0.4) is 0 Å². The number of phenols is 2. The van der Waals surface area contributed by atoms with Crippen LogP contribution in [-0.4, -0.2) is 63.5 Å². The number of aromatic hydroxyl groups is 2. The first-order chi connectivity index (χ1) is 30.3. The van der Waals surface area contributed by atoms with Gasteiger partial charge in [0.1, 0.15) is 64.3 Å². The minimum atomic E-state index is -1.26. The number of nitrogens with two attached hydrogens (primary N) is 1. The molecule has 13 nitrogen and oxygen atoms in total. The minimum Gasteiger partial charge on any atom is -0.508 e. The maximum atomic E-state index is 14.2. The fraction of sp³-hybridized carbons (Fsp3) is 0.440. The number of phenolic OH excluding ortho intramolecular Hbond substituents is 2. The van der Waals surface area contributed by atoms with Gasteiger partial charge < -0.3 is 50.7 Å². The number of ether oxygens (including phenoxy) is 2. The Hall–Kier alpha value is -5.76. The first-order valence-corrected chi connectivity index (χ1v) is 22.3. The number of benzene rings is 2. The third-order valence-corrected chi connectivity index (χ3v) is 15.3. The lowest BCUT2D eigenvalue weighted by Gasteiger charge is -2.52. The maximum absolute atomic E-state index is 14.2. The Kier molecular flexibility index (Phi) is 10.1. The molecule has 9 atom stereocenters. The van der Waals surface area contributed by atoms with Crippen molar-refractivity contribution in [3.05, 3.63) is 132 Å². The number of aryl methyl sites for hydroxylation is 1. The second-order valence-electron chi connectivity index (χ2n) is 18.6. The standard InChI is InChI=1S/C50H56N4O9/c1-5-23(2)49(60)62-39-19-35-44(59)42-38(58)18-28(21-55)61-46(42)43-40-33-14-15-52-47(51)41(33)31(11-8-25-7-9-27(57)17-34(25)36(40)22-56)30-13-12-29-26(16-37(30)50(39,4)63-45(35)43)20-53-48-32(29)10-6-24(3)54-48/h5-7,9-10,14,17-18,20,24,30-31,36-37,39-40,48,52-57,59H,8,11-13,15-16,19,21-22,51H2,1-4H3/b23-5-/t24-,30-,31-,36-,37+,39-,40-,48?,50+/m1/s1. The number of rotatable bonds is 4. The summed E-state index contributed by atoms with van der Waals surface area (Å²) in [5.74, 6) is -2.25. The van der Waals surface area contributed by atoms with E-state index in [1.165, 1.54) is 17.2 Å². The molecule has 0 saturated heterocycles. The molecule has 10 rings (SSSR count). The fourth-order valence-corrected chi connectivity index (χ4v) is 12.1. The van der Waals surface area contributed by atoms with Crippen LogP contribution in [0.25, 0.3) is 11.0 Å². The highest BCUT2D eigenvalue weighted by Gasteiger charge is 2.58. The summed E-state index contributed by atoms with van der Waals surface area (Å²) in [5.41, 5.74) is 13.5. The molecule has 1 aromatic heterocycles. The average Bonchev–Trinajstić information content (AvgIpc) is 3.44. The smallest absolute Gasteiger partial charge is 0.333 e. The van der Waals surface area contributed by atoms with Crippen molar-refractivity contribution in [2.75, 3.05) is 13.2 Å². The van der Waals surface area contributed by atoms with E-state index in [1.807, 2.05) is 13.0 Å². The number of carbonyl (C=O) groups excluding carboxylic acids is 1. The van der Waals surface area contributed by atoms with E-state index in [0.29, 0.717) is 42.8 Å². The number of hydrogen-bond acceptors (Lipinski definition) is 13. The molecule has 7 aliphatic rings. The molecular weight excluding hydrogens is 801 g/mol. The predicted octanol–water partition coefficient (Wildman–Crippen LogP) is 5.48. The Bertz CT molecular complexity index is 2710. The molecule has 0 spiro atoms. The lowest BCUT2D eigenvalue weighted by atomic mass is 9.61. The van der Waals surface area contributed by atoms with Gasteiger partial charge >= 0.3 is 5.97 Å². The summed E-state index contributed by atoms with van der Waals surface area (Å²) >= 11 is 0. The first-order valence-electron chi connectivity index (χ1n) is 22.3. The zero-order chi connectivity index (χ0) is 44.1. The second-order valence-corrected chi connectivity index (χ2v) is 18.6. The van der Waals surface area contributed by atoms with Crippen LogP contribution in [-0.2, 0) is 29.0 Å². The molecule has 3 aromatic rings. The Morgan fingerprint density at radius 1 is 1.13 bits per heavy atom. The van der Waals surface area contributed by atoms with Gasteiger partial charge in [-0.15, -0.1) is 0 Å². The molecule has 330 valence electrons. The van der Waals surface area contributed by atoms with Crippen molar-refractivity contribution in [1.82, 2.24) is 16.0 Å². The Morgan fingerprint density at radius 2 is 1.95 bits per heavy atom. The quantitative estimate of drug-likeness (QED) is 0.121. The number of allylic oxidation sites excluding steroid dienone is 5. The number of fused-ring (bicyclic) bond motifs is 10. The Balaban J connectivity index is 1.34. The summed E-state index contributed by atoms with van der Waals surface area (Å²) in [6.45, 7) is 7.05. The van der Waals surface area contributed by atoms with E-state index in [9.17, 15) is 30.0 Å². The van der Waals surface area contributed by atoms with Crippen molar-refractivity contribution in [3.63, 3.8) is 0 Å². The second kappa shape index (κ2) is 15.5. The topological polar surface area (TPSA) is 209 Å². The highest BCUT2D eigenvalue weighted by molar-refractivity contribution is 5.92. The van der Waals surface area contributed by atoms with E-state index in [1.54, 1.807) is 32.1 Å². The molecule has 0 amide bonds. The van der Waals surface area contributed by atoms with Gasteiger partial charge in [-0.2, -0.15) is 0 Å². The van der Waals surface area contributed by atoms with Crippen molar-refractivity contribution in [2.24, 2.45) is 23.5 Å². The van der Waals surface area contributed by atoms with Gasteiger partial charge in [0, 0.05) is 65.7 Å². The van der Waals surface area contributed by atoms with Crippen LogP contribution in [0.1, 0.15) is 93.2 Å². The maximum Gasteiger partial charge on any atom is 0.333 e. The van der Waals surface area contributed by atoms with Crippen molar-refractivity contribution in [1.29, 1.82) is 0 Å². The first kappa shape index (κ1) is 41.3. The summed E-state index contributed by atoms with van der Waals surface area (Å²) in [5, 5.41) is 56.4. The van der Waals surface area contributed by atoms with Crippen LogP contribution < -0.4 is 31.8 Å². The molecule has 2 aromatic carbocycles. The Labute approximate surface area is 365 Å². The number of aliphatic hydroxyl groups excluding tert-OH is 2. The van der Waals surface area contributed by atoms with Gasteiger partial charge in [-0.25, -0.2) is 4.79 Å². The summed E-state index contributed by atoms with van der Waals surface area (Å²) in [6.07, 6.45) is 12.7. The number of esters is 1. The molecule has 0 radical (unpaired) electrons. The molecular formula is C50H56N4O9.